The number of carbonyl (C=O) groups is 2. The molecule has 3 aromatic rings. The number of halogens is 3. The molecule has 0 saturated heterocycles. The van der Waals surface area contributed by atoms with Crippen molar-refractivity contribution in [3.05, 3.63) is 104 Å². The highest BCUT2D eigenvalue weighted by molar-refractivity contribution is 9.10. The lowest BCUT2D eigenvalue weighted by molar-refractivity contribution is -0.141. The van der Waals surface area contributed by atoms with E-state index < -0.39 is 11.6 Å². The van der Waals surface area contributed by atoms with Crippen LogP contribution in [0.4, 0.5) is 0 Å². The monoisotopic (exact) mass is 574 g/mol. The van der Waals surface area contributed by atoms with Gasteiger partial charge in [0.25, 0.3) is 0 Å². The van der Waals surface area contributed by atoms with Gasteiger partial charge in [0.15, 0.2) is 0 Å². The summed E-state index contributed by atoms with van der Waals surface area (Å²) in [6.45, 7) is 6.03. The Bertz CT molecular complexity index is 1160. The second kappa shape index (κ2) is 12.1. The molecule has 0 radical (unpaired) electrons. The number of nitrogens with zero attached hydrogens (tertiary/aromatic N) is 1. The van der Waals surface area contributed by atoms with Gasteiger partial charge in [0.1, 0.15) is 6.04 Å². The Morgan fingerprint density at radius 2 is 1.51 bits per heavy atom. The van der Waals surface area contributed by atoms with Crippen molar-refractivity contribution in [1.29, 1.82) is 0 Å². The molecule has 0 saturated carbocycles. The Morgan fingerprint density at radius 3 is 2.11 bits per heavy atom. The fourth-order valence-electron chi connectivity index (χ4n) is 3.79. The van der Waals surface area contributed by atoms with E-state index >= 15 is 0 Å². The molecule has 0 aliphatic heterocycles. The van der Waals surface area contributed by atoms with Crippen molar-refractivity contribution in [2.45, 2.75) is 51.7 Å². The molecular weight excluding hydrogens is 547 g/mol. The minimum Gasteiger partial charge on any atom is -0.350 e. The van der Waals surface area contributed by atoms with Crippen molar-refractivity contribution in [2.75, 3.05) is 0 Å². The molecule has 3 rings (SSSR count). The van der Waals surface area contributed by atoms with Crippen molar-refractivity contribution < 1.29 is 9.59 Å². The number of amides is 2. The van der Waals surface area contributed by atoms with Gasteiger partial charge >= 0.3 is 0 Å². The van der Waals surface area contributed by atoms with E-state index in [9.17, 15) is 9.59 Å². The van der Waals surface area contributed by atoms with Crippen molar-refractivity contribution in [2.24, 2.45) is 0 Å². The summed E-state index contributed by atoms with van der Waals surface area (Å²) in [5.41, 5.74) is 1.96. The molecule has 7 heteroatoms. The van der Waals surface area contributed by atoms with E-state index in [1.165, 1.54) is 0 Å². The van der Waals surface area contributed by atoms with E-state index in [2.05, 4.69) is 21.2 Å². The lowest BCUT2D eigenvalue weighted by Crippen LogP contribution is -2.54. The molecule has 1 atom stereocenters. The summed E-state index contributed by atoms with van der Waals surface area (Å²) in [6.07, 6.45) is 0.360. The normalized spacial score (nSPS) is 12.2. The van der Waals surface area contributed by atoms with Gasteiger partial charge in [0.05, 0.1) is 6.42 Å². The number of hydrogen-bond donors (Lipinski definition) is 1. The summed E-state index contributed by atoms with van der Waals surface area (Å²) in [4.78, 5) is 29.0. The van der Waals surface area contributed by atoms with Gasteiger partial charge in [-0.15, -0.1) is 0 Å². The average molecular weight is 576 g/mol. The zero-order valence-electron chi connectivity index (χ0n) is 20.0. The standard InChI is InChI=1S/C28H29BrCl2N2O2/c1-28(2,3)32-27(35)25(16-19-9-5-4-6-10-19)33(18-20-11-7-12-21(29)15-20)26(34)17-22-23(30)13-8-14-24(22)31/h4-15,25H,16-18H2,1-3H3,(H,32,35)/t25-/m0/s1. The van der Waals surface area contributed by atoms with Crippen LogP contribution in [0, 0.1) is 0 Å². The first-order chi connectivity index (χ1) is 16.5. The third-order valence-corrected chi connectivity index (χ3v) is 6.60. The smallest absolute Gasteiger partial charge is 0.243 e. The van der Waals surface area contributed by atoms with E-state index in [1.807, 2.05) is 75.4 Å². The molecule has 184 valence electrons. The fraction of sp³-hybridized carbons (Fsp3) is 0.286. The number of hydrogen-bond acceptors (Lipinski definition) is 2. The third-order valence-electron chi connectivity index (χ3n) is 5.40. The molecule has 4 nitrogen and oxygen atoms in total. The zero-order chi connectivity index (χ0) is 25.6. The van der Waals surface area contributed by atoms with Crippen LogP contribution < -0.4 is 5.32 Å². The lowest BCUT2D eigenvalue weighted by atomic mass is 10.00. The van der Waals surface area contributed by atoms with Gasteiger partial charge in [-0.1, -0.05) is 87.7 Å². The Balaban J connectivity index is 2.03. The molecular formula is C28H29BrCl2N2O2. The molecule has 0 unspecified atom stereocenters. The van der Waals surface area contributed by atoms with Gasteiger partial charge < -0.3 is 10.2 Å². The molecule has 0 fully saturated rings. The molecule has 0 aromatic heterocycles. The number of nitrogens with one attached hydrogen (secondary N) is 1. The maximum Gasteiger partial charge on any atom is 0.243 e. The molecule has 2 amide bonds. The first kappa shape index (κ1) is 27.3. The first-order valence-electron chi connectivity index (χ1n) is 11.4. The van der Waals surface area contributed by atoms with Crippen LogP contribution >= 0.6 is 39.1 Å². The highest BCUT2D eigenvalue weighted by atomic mass is 79.9. The minimum atomic E-state index is -0.732. The van der Waals surface area contributed by atoms with E-state index in [0.717, 1.165) is 15.6 Å². The molecule has 0 aliphatic carbocycles. The van der Waals surface area contributed by atoms with Crippen LogP contribution in [0.5, 0.6) is 0 Å². The first-order valence-corrected chi connectivity index (χ1v) is 12.9. The zero-order valence-corrected chi connectivity index (χ0v) is 23.1. The predicted octanol–water partition coefficient (Wildman–Crippen LogP) is 6.85. The molecule has 0 heterocycles. The van der Waals surface area contributed by atoms with E-state index in [4.69, 9.17) is 23.2 Å². The van der Waals surface area contributed by atoms with Crippen LogP contribution in [-0.2, 0) is 29.0 Å². The Kier molecular flexibility index (Phi) is 9.40. The summed E-state index contributed by atoms with van der Waals surface area (Å²) >= 11 is 16.3. The fourth-order valence-corrected chi connectivity index (χ4v) is 4.77. The van der Waals surface area contributed by atoms with Crippen LogP contribution in [0.15, 0.2) is 77.3 Å². The van der Waals surface area contributed by atoms with E-state index in [0.29, 0.717) is 22.0 Å². The van der Waals surface area contributed by atoms with Crippen molar-refractivity contribution in [3.63, 3.8) is 0 Å². The summed E-state index contributed by atoms with van der Waals surface area (Å²) in [5.74, 6) is -0.445. The van der Waals surface area contributed by atoms with Gasteiger partial charge in [0, 0.05) is 33.0 Å². The largest absolute Gasteiger partial charge is 0.350 e. The second-order valence-corrected chi connectivity index (χ2v) is 11.2. The van der Waals surface area contributed by atoms with Crippen LogP contribution in [-0.4, -0.2) is 28.3 Å². The van der Waals surface area contributed by atoms with Gasteiger partial charge in [-0.3, -0.25) is 9.59 Å². The highest BCUT2D eigenvalue weighted by Crippen LogP contribution is 2.27. The van der Waals surface area contributed by atoms with E-state index in [1.54, 1.807) is 23.1 Å². The van der Waals surface area contributed by atoms with Crippen LogP contribution in [0.2, 0.25) is 10.0 Å². The van der Waals surface area contributed by atoms with Gasteiger partial charge in [-0.05, 0) is 61.7 Å². The second-order valence-electron chi connectivity index (χ2n) is 9.47. The quantitative estimate of drug-likeness (QED) is 0.319. The third kappa shape index (κ3) is 8.09. The van der Waals surface area contributed by atoms with Crippen molar-refractivity contribution in [1.82, 2.24) is 10.2 Å². The lowest BCUT2D eigenvalue weighted by Gasteiger charge is -2.34. The Hall–Kier alpha value is -2.34. The molecule has 0 spiro atoms. The minimum absolute atomic E-state index is 0.0133. The van der Waals surface area contributed by atoms with Crippen LogP contribution in [0.1, 0.15) is 37.5 Å². The summed E-state index contributed by atoms with van der Waals surface area (Å²) in [5, 5.41) is 3.91. The van der Waals surface area contributed by atoms with Gasteiger partial charge in [0.2, 0.25) is 11.8 Å². The van der Waals surface area contributed by atoms with E-state index in [-0.39, 0.29) is 24.8 Å². The predicted molar refractivity (Wildman–Crippen MR) is 147 cm³/mol. The summed E-state index contributed by atoms with van der Waals surface area (Å²) < 4.78 is 0.898. The molecule has 1 N–H and O–H groups in total. The summed E-state index contributed by atoms with van der Waals surface area (Å²) in [7, 11) is 0. The maximum atomic E-state index is 13.8. The maximum absolute atomic E-state index is 13.8. The van der Waals surface area contributed by atoms with Crippen LogP contribution in [0.3, 0.4) is 0 Å². The number of rotatable bonds is 8. The highest BCUT2D eigenvalue weighted by Gasteiger charge is 2.32. The summed E-state index contributed by atoms with van der Waals surface area (Å²) in [6, 6.07) is 21.9. The Labute approximate surface area is 225 Å². The van der Waals surface area contributed by atoms with Gasteiger partial charge in [-0.2, -0.15) is 0 Å². The number of carbonyl (C=O) groups excluding carboxylic acids is 2. The average Bonchev–Trinajstić information content (AvgIpc) is 2.78. The SMILES string of the molecule is CC(C)(C)NC(=O)[C@H](Cc1ccccc1)N(Cc1cccc(Br)c1)C(=O)Cc1c(Cl)cccc1Cl. The Morgan fingerprint density at radius 1 is 0.914 bits per heavy atom. The van der Waals surface area contributed by atoms with Crippen molar-refractivity contribution in [3.8, 4) is 0 Å². The molecule has 3 aromatic carbocycles. The molecule has 35 heavy (non-hydrogen) atoms. The molecule has 0 bridgehead atoms. The van der Waals surface area contributed by atoms with Crippen LogP contribution in [0.25, 0.3) is 0 Å². The molecule has 0 aliphatic rings. The van der Waals surface area contributed by atoms with Gasteiger partial charge in [-0.25, -0.2) is 0 Å². The van der Waals surface area contributed by atoms with Crippen molar-refractivity contribution >= 4 is 50.9 Å². The number of benzene rings is 3. The topological polar surface area (TPSA) is 49.4 Å².